The third-order valence-corrected chi connectivity index (χ3v) is 7.72. The topological polar surface area (TPSA) is 96.0 Å². The summed E-state index contributed by atoms with van der Waals surface area (Å²) in [6.45, 7) is 2.05. The number of benzene rings is 3. The maximum Gasteiger partial charge on any atom is 0.244 e. The molecule has 0 saturated carbocycles. The third-order valence-electron chi connectivity index (χ3n) is 6.08. The lowest BCUT2D eigenvalue weighted by atomic mass is 10.0. The van der Waals surface area contributed by atoms with E-state index in [1.165, 1.54) is 12.0 Å². The Morgan fingerprint density at radius 3 is 2.31 bits per heavy atom. The van der Waals surface area contributed by atoms with Crippen molar-refractivity contribution in [2.75, 3.05) is 30.8 Å². The average molecular weight is 617 g/mol. The number of nitrogens with one attached hydrogen (secondary N) is 1. The summed E-state index contributed by atoms with van der Waals surface area (Å²) in [5, 5.41) is 2.93. The van der Waals surface area contributed by atoms with E-state index < -0.39 is 28.5 Å². The van der Waals surface area contributed by atoms with Crippen LogP contribution in [0.15, 0.2) is 83.3 Å². The zero-order chi connectivity index (χ0) is 28.4. The van der Waals surface area contributed by atoms with Gasteiger partial charge in [-0.3, -0.25) is 13.9 Å². The average Bonchev–Trinajstić information content (AvgIpc) is 2.92. The summed E-state index contributed by atoms with van der Waals surface area (Å²) in [4.78, 5) is 29.0. The van der Waals surface area contributed by atoms with Gasteiger partial charge in [0.1, 0.15) is 18.3 Å². The lowest BCUT2D eigenvalue weighted by Gasteiger charge is -2.33. The van der Waals surface area contributed by atoms with Crippen molar-refractivity contribution in [2.24, 2.45) is 0 Å². The van der Waals surface area contributed by atoms with Crippen molar-refractivity contribution in [2.45, 2.75) is 32.4 Å². The van der Waals surface area contributed by atoms with E-state index in [9.17, 15) is 18.0 Å². The molecule has 0 saturated heterocycles. The van der Waals surface area contributed by atoms with Gasteiger partial charge < -0.3 is 15.0 Å². The zero-order valence-corrected chi connectivity index (χ0v) is 24.7. The van der Waals surface area contributed by atoms with Gasteiger partial charge in [-0.2, -0.15) is 0 Å². The second kappa shape index (κ2) is 14.1. The Labute approximate surface area is 239 Å². The largest absolute Gasteiger partial charge is 0.497 e. The van der Waals surface area contributed by atoms with Gasteiger partial charge in [0.15, 0.2) is 0 Å². The Morgan fingerprint density at radius 2 is 1.67 bits per heavy atom. The maximum absolute atomic E-state index is 14.0. The van der Waals surface area contributed by atoms with Crippen LogP contribution in [0.2, 0.25) is 0 Å². The quantitative estimate of drug-likeness (QED) is 0.308. The molecule has 208 valence electrons. The number of anilines is 1. The first-order chi connectivity index (χ1) is 18.6. The first kappa shape index (κ1) is 30.2. The fraction of sp³-hybridized carbons (Fsp3) is 0.310. The summed E-state index contributed by atoms with van der Waals surface area (Å²) in [6.07, 6.45) is 2.06. The van der Waals surface area contributed by atoms with E-state index in [-0.39, 0.29) is 18.9 Å². The second-order valence-corrected chi connectivity index (χ2v) is 11.9. The van der Waals surface area contributed by atoms with E-state index in [0.29, 0.717) is 18.0 Å². The van der Waals surface area contributed by atoms with E-state index in [2.05, 4.69) is 21.2 Å². The molecule has 1 N–H and O–H groups in total. The van der Waals surface area contributed by atoms with Gasteiger partial charge in [0, 0.05) is 30.0 Å². The maximum atomic E-state index is 14.0. The number of hydrogen-bond donors (Lipinski definition) is 1. The first-order valence-corrected chi connectivity index (χ1v) is 15.2. The molecule has 0 aliphatic heterocycles. The molecule has 3 rings (SSSR count). The highest BCUT2D eigenvalue weighted by Gasteiger charge is 2.33. The van der Waals surface area contributed by atoms with Crippen molar-refractivity contribution < 1.29 is 22.7 Å². The number of halogens is 1. The van der Waals surface area contributed by atoms with E-state index >= 15 is 0 Å². The molecule has 10 heteroatoms. The molecule has 0 radical (unpaired) electrons. The van der Waals surface area contributed by atoms with Crippen LogP contribution >= 0.6 is 15.9 Å². The normalized spacial score (nSPS) is 11.9. The Morgan fingerprint density at radius 1 is 0.974 bits per heavy atom. The van der Waals surface area contributed by atoms with Gasteiger partial charge in [-0.1, -0.05) is 71.4 Å². The molecule has 0 aromatic heterocycles. The minimum absolute atomic E-state index is 0.116. The van der Waals surface area contributed by atoms with Crippen LogP contribution < -0.4 is 14.4 Å². The van der Waals surface area contributed by atoms with E-state index in [1.54, 1.807) is 24.3 Å². The highest BCUT2D eigenvalue weighted by molar-refractivity contribution is 9.10. The van der Waals surface area contributed by atoms with Gasteiger partial charge in [-0.25, -0.2) is 8.42 Å². The second-order valence-electron chi connectivity index (χ2n) is 9.12. The SMILES string of the molecule is CCCNC(=O)[C@H](Cc1ccccc1)N(Cc1cccc(Br)c1)C(=O)CN(c1cccc(OC)c1)S(C)(=O)=O. The molecule has 0 fully saturated rings. The zero-order valence-electron chi connectivity index (χ0n) is 22.3. The van der Waals surface area contributed by atoms with Crippen molar-refractivity contribution in [3.63, 3.8) is 0 Å². The van der Waals surface area contributed by atoms with Crippen molar-refractivity contribution in [1.29, 1.82) is 0 Å². The van der Waals surface area contributed by atoms with Crippen molar-refractivity contribution in [3.05, 3.63) is 94.5 Å². The predicted octanol–water partition coefficient (Wildman–Crippen LogP) is 4.39. The molecule has 3 aromatic rings. The first-order valence-electron chi connectivity index (χ1n) is 12.6. The monoisotopic (exact) mass is 615 g/mol. The van der Waals surface area contributed by atoms with Crippen LogP contribution in [0.3, 0.4) is 0 Å². The minimum atomic E-state index is -3.85. The number of amides is 2. The van der Waals surface area contributed by atoms with E-state index in [1.807, 2.05) is 61.5 Å². The molecule has 0 heterocycles. The molecule has 8 nitrogen and oxygen atoms in total. The molecule has 0 bridgehead atoms. The summed E-state index contributed by atoms with van der Waals surface area (Å²) in [7, 11) is -2.36. The fourth-order valence-corrected chi connectivity index (χ4v) is 5.42. The summed E-state index contributed by atoms with van der Waals surface area (Å²) >= 11 is 3.47. The summed E-state index contributed by atoms with van der Waals surface area (Å²) < 4.78 is 32.8. The highest BCUT2D eigenvalue weighted by atomic mass is 79.9. The molecule has 3 aromatic carbocycles. The number of hydrogen-bond acceptors (Lipinski definition) is 5. The van der Waals surface area contributed by atoms with Crippen LogP contribution in [0.5, 0.6) is 5.75 Å². The predicted molar refractivity (Wildman–Crippen MR) is 157 cm³/mol. The van der Waals surface area contributed by atoms with E-state index in [4.69, 9.17) is 4.74 Å². The Kier molecular flexibility index (Phi) is 10.9. The lowest BCUT2D eigenvalue weighted by molar-refractivity contribution is -0.140. The van der Waals surface area contributed by atoms with Crippen LogP contribution in [0.4, 0.5) is 5.69 Å². The standard InChI is InChI=1S/C29H34BrN3O5S/c1-4-16-31-29(35)27(18-22-10-6-5-7-11-22)32(20-23-12-8-13-24(30)17-23)28(34)21-33(39(3,36)37)25-14-9-15-26(19-25)38-2/h5-15,17,19,27H,4,16,18,20-21H2,1-3H3,(H,31,35)/t27-/m0/s1. The molecule has 0 aliphatic carbocycles. The number of ether oxygens (including phenoxy) is 1. The Balaban J connectivity index is 2.04. The number of rotatable bonds is 13. The minimum Gasteiger partial charge on any atom is -0.497 e. The summed E-state index contributed by atoms with van der Waals surface area (Å²) in [5.41, 5.74) is 1.97. The molecule has 1 atom stereocenters. The van der Waals surface area contributed by atoms with Crippen LogP contribution in [0.25, 0.3) is 0 Å². The number of carbonyl (C=O) groups is 2. The molecular formula is C29H34BrN3O5S. The summed E-state index contributed by atoms with van der Waals surface area (Å²) in [5.74, 6) is -0.340. The molecule has 39 heavy (non-hydrogen) atoms. The Hall–Kier alpha value is -3.37. The van der Waals surface area contributed by atoms with Gasteiger partial charge in [0.05, 0.1) is 19.1 Å². The molecule has 0 aliphatic rings. The molecular weight excluding hydrogens is 582 g/mol. The van der Waals surface area contributed by atoms with Gasteiger partial charge in [0.2, 0.25) is 21.8 Å². The fourth-order valence-electron chi connectivity index (χ4n) is 4.13. The van der Waals surface area contributed by atoms with Gasteiger partial charge in [-0.15, -0.1) is 0 Å². The van der Waals surface area contributed by atoms with Gasteiger partial charge >= 0.3 is 0 Å². The summed E-state index contributed by atoms with van der Waals surface area (Å²) in [6, 6.07) is 22.6. The van der Waals surface area contributed by atoms with Crippen LogP contribution in [-0.4, -0.2) is 57.6 Å². The number of methoxy groups -OCH3 is 1. The van der Waals surface area contributed by atoms with Gasteiger partial charge in [0.25, 0.3) is 0 Å². The van der Waals surface area contributed by atoms with Crippen LogP contribution in [0.1, 0.15) is 24.5 Å². The lowest BCUT2D eigenvalue weighted by Crippen LogP contribution is -2.53. The van der Waals surface area contributed by atoms with Crippen molar-refractivity contribution >= 4 is 43.5 Å². The van der Waals surface area contributed by atoms with Crippen molar-refractivity contribution in [1.82, 2.24) is 10.2 Å². The smallest absolute Gasteiger partial charge is 0.244 e. The molecule has 2 amide bonds. The van der Waals surface area contributed by atoms with Crippen LogP contribution in [0, 0.1) is 0 Å². The van der Waals surface area contributed by atoms with Crippen molar-refractivity contribution in [3.8, 4) is 5.75 Å². The molecule has 0 unspecified atom stereocenters. The van der Waals surface area contributed by atoms with Crippen LogP contribution in [-0.2, 0) is 32.6 Å². The number of nitrogens with zero attached hydrogens (tertiary/aromatic N) is 2. The number of carbonyl (C=O) groups excluding carboxylic acids is 2. The van der Waals surface area contributed by atoms with E-state index in [0.717, 1.165) is 32.6 Å². The third kappa shape index (κ3) is 8.83. The number of sulfonamides is 1. The molecule has 0 spiro atoms. The van der Waals surface area contributed by atoms with Gasteiger partial charge in [-0.05, 0) is 41.8 Å². The Bertz CT molecular complexity index is 1370. The highest BCUT2D eigenvalue weighted by Crippen LogP contribution is 2.24.